The fourth-order valence-electron chi connectivity index (χ4n) is 2.36. The molecule has 72 valence electrons. The molecule has 0 saturated carbocycles. The predicted molar refractivity (Wildman–Crippen MR) is 53.4 cm³/mol. The van der Waals surface area contributed by atoms with Crippen LogP contribution < -0.4 is 0 Å². The molecule has 0 bridgehead atoms. The van der Waals surface area contributed by atoms with E-state index in [4.69, 9.17) is 0 Å². The van der Waals surface area contributed by atoms with Crippen LogP contribution in [0.5, 0.6) is 0 Å². The van der Waals surface area contributed by atoms with Crippen LogP contribution in [0.1, 0.15) is 20.8 Å². The zero-order valence-electron chi connectivity index (χ0n) is 8.88. The maximum atomic E-state index is 2.58. The molecule has 1 rings (SSSR count). The highest BCUT2D eigenvalue weighted by atomic mass is 15.2. The summed E-state index contributed by atoms with van der Waals surface area (Å²) in [7, 11) is 2.22. The molecule has 1 aliphatic rings. The molecule has 2 atom stereocenters. The van der Waals surface area contributed by atoms with Crippen LogP contribution in [-0.2, 0) is 0 Å². The first kappa shape index (κ1) is 10.0. The van der Waals surface area contributed by atoms with Crippen molar-refractivity contribution in [1.82, 2.24) is 9.80 Å². The lowest BCUT2D eigenvalue weighted by Gasteiger charge is -2.28. The first-order valence-electron chi connectivity index (χ1n) is 5.11. The van der Waals surface area contributed by atoms with Gasteiger partial charge in [-0.2, -0.15) is 0 Å². The van der Waals surface area contributed by atoms with Gasteiger partial charge in [0.25, 0.3) is 0 Å². The van der Waals surface area contributed by atoms with Crippen LogP contribution in [0.15, 0.2) is 0 Å². The van der Waals surface area contributed by atoms with E-state index in [-0.39, 0.29) is 0 Å². The van der Waals surface area contributed by atoms with Gasteiger partial charge < -0.3 is 4.90 Å². The van der Waals surface area contributed by atoms with Crippen molar-refractivity contribution < 1.29 is 0 Å². The van der Waals surface area contributed by atoms with Gasteiger partial charge in [-0.1, -0.05) is 20.8 Å². The standard InChI is InChI=1S/C10H22N2/c1-5-12(6-2)10-8-11(4)7-9(10)3/h9-10H,5-8H2,1-4H3. The minimum absolute atomic E-state index is 0.796. The molecule has 0 radical (unpaired) electrons. The summed E-state index contributed by atoms with van der Waals surface area (Å²) in [5.74, 6) is 0.842. The number of hydrogen-bond donors (Lipinski definition) is 0. The molecular weight excluding hydrogens is 148 g/mol. The summed E-state index contributed by atoms with van der Waals surface area (Å²) in [6.45, 7) is 11.8. The number of likely N-dealkylation sites (tertiary alicyclic amines) is 1. The minimum atomic E-state index is 0.796. The SMILES string of the molecule is CCN(CC)C1CN(C)CC1C. The van der Waals surface area contributed by atoms with Crippen molar-refractivity contribution in [3.05, 3.63) is 0 Å². The molecule has 0 aromatic heterocycles. The largest absolute Gasteiger partial charge is 0.304 e. The zero-order valence-corrected chi connectivity index (χ0v) is 8.88. The molecule has 0 aliphatic carbocycles. The fraction of sp³-hybridized carbons (Fsp3) is 1.00. The van der Waals surface area contributed by atoms with Crippen molar-refractivity contribution in [1.29, 1.82) is 0 Å². The highest BCUT2D eigenvalue weighted by Gasteiger charge is 2.30. The van der Waals surface area contributed by atoms with Gasteiger partial charge in [0.05, 0.1) is 0 Å². The Morgan fingerprint density at radius 3 is 2.17 bits per heavy atom. The number of nitrogens with zero attached hydrogens (tertiary/aromatic N) is 2. The third kappa shape index (κ3) is 1.99. The van der Waals surface area contributed by atoms with Gasteiger partial charge in [0, 0.05) is 19.1 Å². The van der Waals surface area contributed by atoms with E-state index in [0.29, 0.717) is 0 Å². The van der Waals surface area contributed by atoms with E-state index in [0.717, 1.165) is 12.0 Å². The molecule has 0 aromatic carbocycles. The minimum Gasteiger partial charge on any atom is -0.304 e. The Kier molecular flexibility index (Phi) is 3.53. The topological polar surface area (TPSA) is 6.48 Å². The van der Waals surface area contributed by atoms with Gasteiger partial charge in [0.15, 0.2) is 0 Å². The van der Waals surface area contributed by atoms with Gasteiger partial charge in [-0.05, 0) is 26.1 Å². The monoisotopic (exact) mass is 170 g/mol. The zero-order chi connectivity index (χ0) is 9.14. The van der Waals surface area contributed by atoms with Crippen LogP contribution in [0, 0.1) is 5.92 Å². The second-order valence-electron chi connectivity index (χ2n) is 3.99. The van der Waals surface area contributed by atoms with Crippen molar-refractivity contribution in [2.75, 3.05) is 33.2 Å². The number of hydrogen-bond acceptors (Lipinski definition) is 2. The molecule has 0 amide bonds. The van der Waals surface area contributed by atoms with Crippen LogP contribution in [-0.4, -0.2) is 49.1 Å². The van der Waals surface area contributed by atoms with Gasteiger partial charge in [0.1, 0.15) is 0 Å². The lowest BCUT2D eigenvalue weighted by molar-refractivity contribution is 0.192. The van der Waals surface area contributed by atoms with E-state index < -0.39 is 0 Å². The molecule has 1 fully saturated rings. The Morgan fingerprint density at radius 1 is 1.25 bits per heavy atom. The van der Waals surface area contributed by atoms with Gasteiger partial charge in [-0.25, -0.2) is 0 Å². The van der Waals surface area contributed by atoms with Crippen LogP contribution in [0.25, 0.3) is 0 Å². The summed E-state index contributed by atoms with van der Waals surface area (Å²) in [5, 5.41) is 0. The maximum absolute atomic E-state index is 2.58. The van der Waals surface area contributed by atoms with Crippen LogP contribution in [0.4, 0.5) is 0 Å². The normalized spacial score (nSPS) is 31.8. The van der Waals surface area contributed by atoms with E-state index in [1.165, 1.54) is 26.2 Å². The summed E-state index contributed by atoms with van der Waals surface area (Å²) in [6.07, 6.45) is 0. The third-order valence-electron chi connectivity index (χ3n) is 3.04. The lowest BCUT2D eigenvalue weighted by Crippen LogP contribution is -2.39. The average molecular weight is 170 g/mol. The molecule has 0 spiro atoms. The van der Waals surface area contributed by atoms with E-state index in [9.17, 15) is 0 Å². The molecule has 0 aromatic rings. The van der Waals surface area contributed by atoms with Crippen molar-refractivity contribution in [2.24, 2.45) is 5.92 Å². The summed E-state index contributed by atoms with van der Waals surface area (Å²) in [4.78, 5) is 5.02. The fourth-order valence-corrected chi connectivity index (χ4v) is 2.36. The van der Waals surface area contributed by atoms with Crippen molar-refractivity contribution in [3.8, 4) is 0 Å². The Morgan fingerprint density at radius 2 is 1.83 bits per heavy atom. The Hall–Kier alpha value is -0.0800. The summed E-state index contributed by atoms with van der Waals surface area (Å²) < 4.78 is 0. The molecule has 1 saturated heterocycles. The van der Waals surface area contributed by atoms with Gasteiger partial charge in [-0.3, -0.25) is 4.90 Å². The van der Waals surface area contributed by atoms with Crippen LogP contribution >= 0.6 is 0 Å². The molecule has 2 unspecified atom stereocenters. The molecule has 2 heteroatoms. The Bertz CT molecular complexity index is 132. The highest BCUT2D eigenvalue weighted by molar-refractivity contribution is 4.86. The lowest BCUT2D eigenvalue weighted by atomic mass is 10.1. The molecular formula is C10H22N2. The smallest absolute Gasteiger partial charge is 0.0260 e. The summed E-state index contributed by atoms with van der Waals surface area (Å²) >= 11 is 0. The summed E-state index contributed by atoms with van der Waals surface area (Å²) in [6, 6.07) is 0.796. The quantitative estimate of drug-likeness (QED) is 0.629. The first-order chi connectivity index (χ1) is 5.69. The number of rotatable bonds is 3. The Balaban J connectivity index is 2.50. The van der Waals surface area contributed by atoms with Crippen molar-refractivity contribution in [2.45, 2.75) is 26.8 Å². The Labute approximate surface area is 76.5 Å². The highest BCUT2D eigenvalue weighted by Crippen LogP contribution is 2.19. The van der Waals surface area contributed by atoms with E-state index >= 15 is 0 Å². The molecule has 0 N–H and O–H groups in total. The van der Waals surface area contributed by atoms with Crippen LogP contribution in [0.3, 0.4) is 0 Å². The number of likely N-dealkylation sites (N-methyl/N-ethyl adjacent to an activating group) is 2. The molecule has 2 nitrogen and oxygen atoms in total. The van der Waals surface area contributed by atoms with Gasteiger partial charge in [-0.15, -0.1) is 0 Å². The van der Waals surface area contributed by atoms with Gasteiger partial charge in [0.2, 0.25) is 0 Å². The van der Waals surface area contributed by atoms with Crippen LogP contribution in [0.2, 0.25) is 0 Å². The predicted octanol–water partition coefficient (Wildman–Crippen LogP) is 1.28. The van der Waals surface area contributed by atoms with E-state index in [1.54, 1.807) is 0 Å². The van der Waals surface area contributed by atoms with Gasteiger partial charge >= 0.3 is 0 Å². The van der Waals surface area contributed by atoms with E-state index in [1.807, 2.05) is 0 Å². The molecule has 1 heterocycles. The van der Waals surface area contributed by atoms with Crippen molar-refractivity contribution in [3.63, 3.8) is 0 Å². The molecule has 12 heavy (non-hydrogen) atoms. The maximum Gasteiger partial charge on any atom is 0.0260 e. The second-order valence-corrected chi connectivity index (χ2v) is 3.99. The third-order valence-corrected chi connectivity index (χ3v) is 3.04. The first-order valence-corrected chi connectivity index (χ1v) is 5.11. The molecule has 1 aliphatic heterocycles. The summed E-state index contributed by atoms with van der Waals surface area (Å²) in [5.41, 5.74) is 0. The average Bonchev–Trinajstić information content (AvgIpc) is 2.34. The van der Waals surface area contributed by atoms with Crippen molar-refractivity contribution >= 4 is 0 Å². The second kappa shape index (κ2) is 4.24. The van der Waals surface area contributed by atoms with E-state index in [2.05, 4.69) is 37.6 Å².